The van der Waals surface area contributed by atoms with Gasteiger partial charge in [-0.15, -0.1) is 22.7 Å². The molecule has 0 aliphatic carbocycles. The van der Waals surface area contributed by atoms with E-state index in [-0.39, 0.29) is 0 Å². The first-order chi connectivity index (χ1) is 7.08. The lowest BCUT2D eigenvalue weighted by Gasteiger charge is -2.03. The summed E-state index contributed by atoms with van der Waals surface area (Å²) in [5, 5.41) is 2.20. The van der Waals surface area contributed by atoms with Gasteiger partial charge in [0.25, 0.3) is 0 Å². The summed E-state index contributed by atoms with van der Waals surface area (Å²) in [6.45, 7) is 0. The second-order valence-electron chi connectivity index (χ2n) is 2.82. The Hall–Kier alpha value is 1.57. The van der Waals surface area contributed by atoms with Crippen LogP contribution < -0.4 is 0 Å². The maximum Gasteiger partial charge on any atom is 0.0843 e. The fourth-order valence-corrected chi connectivity index (χ4v) is 5.45. The van der Waals surface area contributed by atoms with E-state index in [4.69, 9.17) is 0 Å². The van der Waals surface area contributed by atoms with Crippen LogP contribution in [0.1, 0.15) is 15.3 Å². The molecule has 15 heavy (non-hydrogen) atoms. The summed E-state index contributed by atoms with van der Waals surface area (Å²) in [5.41, 5.74) is 1.32. The maximum atomic E-state index is 3.73. The molecular weight excluding hydrogens is 539 g/mol. The Morgan fingerprint density at radius 2 is 2.00 bits per heavy atom. The summed E-state index contributed by atoms with van der Waals surface area (Å²) in [6, 6.07) is 4.37. The summed E-state index contributed by atoms with van der Waals surface area (Å²) in [7, 11) is 0. The molecular formula is C9H4Br3IS2. The predicted octanol–water partition coefficient (Wildman–Crippen LogP) is 6.42. The first-order valence-corrected chi connectivity index (χ1v) is 9.18. The van der Waals surface area contributed by atoms with E-state index in [1.54, 1.807) is 22.7 Å². The van der Waals surface area contributed by atoms with Crippen molar-refractivity contribution in [1.29, 1.82) is 0 Å². The molecule has 2 aromatic rings. The third-order valence-corrected chi connectivity index (χ3v) is 8.25. The SMILES string of the molecule is Brc1cc(C(Br)c2csc(I)c2)sc1Br. The van der Waals surface area contributed by atoms with Crippen molar-refractivity contribution < 1.29 is 0 Å². The van der Waals surface area contributed by atoms with Gasteiger partial charge >= 0.3 is 0 Å². The van der Waals surface area contributed by atoms with Gasteiger partial charge in [0.05, 0.1) is 11.5 Å². The first kappa shape index (κ1) is 13.0. The summed E-state index contributed by atoms with van der Waals surface area (Å²) in [4.78, 5) is 1.60. The molecule has 2 aromatic heterocycles. The zero-order valence-corrected chi connectivity index (χ0v) is 15.7. The molecule has 2 rings (SSSR count). The van der Waals surface area contributed by atoms with Crippen molar-refractivity contribution in [1.82, 2.24) is 0 Å². The van der Waals surface area contributed by atoms with Crippen molar-refractivity contribution in [2.24, 2.45) is 0 Å². The summed E-state index contributed by atoms with van der Waals surface area (Å²) in [5.74, 6) is 0. The summed E-state index contributed by atoms with van der Waals surface area (Å²) >= 11 is 16.6. The summed E-state index contributed by atoms with van der Waals surface area (Å²) < 4.78 is 3.59. The van der Waals surface area contributed by atoms with E-state index in [1.807, 2.05) is 0 Å². The molecule has 0 aliphatic heterocycles. The van der Waals surface area contributed by atoms with Crippen molar-refractivity contribution >= 4 is 93.1 Å². The van der Waals surface area contributed by atoms with Crippen LogP contribution in [-0.4, -0.2) is 0 Å². The predicted molar refractivity (Wildman–Crippen MR) is 87.5 cm³/mol. The Labute approximate surface area is 135 Å². The average molecular weight is 543 g/mol. The van der Waals surface area contributed by atoms with Crippen molar-refractivity contribution in [2.75, 3.05) is 0 Å². The number of hydrogen-bond acceptors (Lipinski definition) is 2. The second-order valence-corrected chi connectivity index (χ2v) is 9.79. The van der Waals surface area contributed by atoms with Crippen molar-refractivity contribution in [3.8, 4) is 0 Å². The molecule has 0 aromatic carbocycles. The van der Waals surface area contributed by atoms with E-state index in [2.05, 4.69) is 87.9 Å². The van der Waals surface area contributed by atoms with Crippen molar-refractivity contribution in [3.05, 3.63) is 39.1 Å². The van der Waals surface area contributed by atoms with Crippen LogP contribution in [0.25, 0.3) is 0 Å². The highest BCUT2D eigenvalue weighted by atomic mass is 127. The lowest BCUT2D eigenvalue weighted by molar-refractivity contribution is 1.24. The van der Waals surface area contributed by atoms with Gasteiger partial charge < -0.3 is 0 Å². The highest BCUT2D eigenvalue weighted by Gasteiger charge is 2.15. The number of hydrogen-bond donors (Lipinski definition) is 0. The van der Waals surface area contributed by atoms with E-state index in [9.17, 15) is 0 Å². The Bertz CT molecular complexity index is 458. The molecule has 0 saturated heterocycles. The minimum absolute atomic E-state index is 0.296. The topological polar surface area (TPSA) is 0 Å². The van der Waals surface area contributed by atoms with Crippen LogP contribution in [-0.2, 0) is 0 Å². The third-order valence-electron chi connectivity index (χ3n) is 1.79. The van der Waals surface area contributed by atoms with Gasteiger partial charge in [-0.1, -0.05) is 15.9 Å². The van der Waals surface area contributed by atoms with Crippen LogP contribution in [0, 0.1) is 2.88 Å². The van der Waals surface area contributed by atoms with Crippen LogP contribution in [0.3, 0.4) is 0 Å². The fourth-order valence-electron chi connectivity index (χ4n) is 1.11. The number of thiophene rings is 2. The molecule has 0 spiro atoms. The number of alkyl halides is 1. The van der Waals surface area contributed by atoms with Gasteiger partial charge in [-0.25, -0.2) is 0 Å². The highest BCUT2D eigenvalue weighted by molar-refractivity contribution is 14.1. The zero-order chi connectivity index (χ0) is 11.0. The molecule has 0 radical (unpaired) electrons. The van der Waals surface area contributed by atoms with Crippen LogP contribution >= 0.6 is 93.1 Å². The van der Waals surface area contributed by atoms with Crippen LogP contribution in [0.15, 0.2) is 25.8 Å². The fraction of sp³-hybridized carbons (Fsp3) is 0.111. The van der Waals surface area contributed by atoms with Gasteiger partial charge in [0, 0.05) is 9.35 Å². The Kier molecular flexibility index (Phi) is 4.75. The lowest BCUT2D eigenvalue weighted by Crippen LogP contribution is -1.85. The molecule has 1 atom stereocenters. The smallest absolute Gasteiger partial charge is 0.0843 e. The van der Waals surface area contributed by atoms with Gasteiger partial charge in [-0.05, 0) is 77.5 Å². The van der Waals surface area contributed by atoms with E-state index in [0.717, 1.165) is 8.26 Å². The van der Waals surface area contributed by atoms with Gasteiger partial charge in [-0.2, -0.15) is 0 Å². The van der Waals surface area contributed by atoms with Gasteiger partial charge in [0.1, 0.15) is 0 Å². The minimum Gasteiger partial charge on any atom is -0.137 e. The molecule has 0 fully saturated rings. The maximum absolute atomic E-state index is 3.73. The number of rotatable bonds is 2. The van der Waals surface area contributed by atoms with E-state index >= 15 is 0 Å². The molecule has 0 amide bonds. The van der Waals surface area contributed by atoms with Gasteiger partial charge in [0.15, 0.2) is 0 Å². The molecule has 2 heterocycles. The molecule has 0 nitrogen and oxygen atoms in total. The molecule has 0 saturated carbocycles. The Balaban J connectivity index is 2.31. The Morgan fingerprint density at radius 1 is 1.27 bits per heavy atom. The molecule has 80 valence electrons. The third kappa shape index (κ3) is 3.07. The minimum atomic E-state index is 0.296. The quantitative estimate of drug-likeness (QED) is 0.303. The van der Waals surface area contributed by atoms with E-state index in [0.29, 0.717) is 4.83 Å². The first-order valence-electron chi connectivity index (χ1n) is 3.90. The van der Waals surface area contributed by atoms with Crippen LogP contribution in [0.2, 0.25) is 0 Å². The number of halogens is 4. The monoisotopic (exact) mass is 540 g/mol. The molecule has 6 heteroatoms. The zero-order valence-electron chi connectivity index (χ0n) is 7.14. The normalized spacial score (nSPS) is 13.1. The van der Waals surface area contributed by atoms with E-state index in [1.165, 1.54) is 13.3 Å². The van der Waals surface area contributed by atoms with Gasteiger partial charge in [-0.3, -0.25) is 0 Å². The Morgan fingerprint density at radius 3 is 2.47 bits per heavy atom. The average Bonchev–Trinajstić information content (AvgIpc) is 2.74. The van der Waals surface area contributed by atoms with Crippen LogP contribution in [0.5, 0.6) is 0 Å². The van der Waals surface area contributed by atoms with Crippen LogP contribution in [0.4, 0.5) is 0 Å². The molecule has 1 unspecified atom stereocenters. The second kappa shape index (κ2) is 5.48. The van der Waals surface area contributed by atoms with E-state index < -0.39 is 0 Å². The highest BCUT2D eigenvalue weighted by Crippen LogP contribution is 2.42. The van der Waals surface area contributed by atoms with Crippen molar-refractivity contribution in [3.63, 3.8) is 0 Å². The summed E-state index contributed by atoms with van der Waals surface area (Å²) in [6.07, 6.45) is 0. The lowest BCUT2D eigenvalue weighted by atomic mass is 10.2. The molecule has 0 bridgehead atoms. The molecule has 0 aliphatic rings. The standard InChI is InChI=1S/C9H4Br3IS2/c10-5-2-6(15-9(5)12)8(11)4-1-7(13)14-3-4/h1-3,8H. The van der Waals surface area contributed by atoms with Gasteiger partial charge in [0.2, 0.25) is 0 Å². The van der Waals surface area contributed by atoms with Crippen molar-refractivity contribution in [2.45, 2.75) is 4.83 Å². The largest absolute Gasteiger partial charge is 0.137 e. The molecule has 0 N–H and O–H groups in total.